The fraction of sp³-hybridized carbons (Fsp3) is 0. The summed E-state index contributed by atoms with van der Waals surface area (Å²) in [4.78, 5) is 4.64. The molecule has 11 aromatic carbocycles. The van der Waals surface area contributed by atoms with E-state index in [0.29, 0.717) is 0 Å². The first kappa shape index (κ1) is 36.5. The zero-order valence-electron chi connectivity index (χ0n) is 34.5. The first-order valence-corrected chi connectivity index (χ1v) is 21.6. The van der Waals surface area contributed by atoms with Crippen molar-refractivity contribution < 1.29 is 0 Å². The molecule has 0 spiro atoms. The van der Waals surface area contributed by atoms with Crippen LogP contribution < -0.4 is 9.80 Å². The van der Waals surface area contributed by atoms with Gasteiger partial charge in [-0.1, -0.05) is 152 Å². The summed E-state index contributed by atoms with van der Waals surface area (Å²) in [6.07, 6.45) is 0. The Morgan fingerprint density at radius 3 is 1.19 bits per heavy atom. The molecule has 12 aromatic rings. The molecular formula is C60H41N3. The van der Waals surface area contributed by atoms with E-state index in [9.17, 15) is 0 Å². The Morgan fingerprint density at radius 1 is 0.270 bits per heavy atom. The van der Waals surface area contributed by atoms with Crippen molar-refractivity contribution in [1.29, 1.82) is 0 Å². The van der Waals surface area contributed by atoms with Crippen LogP contribution in [0.25, 0.3) is 70.9 Å². The molecule has 0 aliphatic rings. The number of benzene rings is 11. The van der Waals surface area contributed by atoms with E-state index in [1.165, 1.54) is 65.3 Å². The van der Waals surface area contributed by atoms with Crippen LogP contribution in [0.15, 0.2) is 249 Å². The van der Waals surface area contributed by atoms with E-state index in [2.05, 4.69) is 263 Å². The normalized spacial score (nSPS) is 11.5. The van der Waals surface area contributed by atoms with Crippen LogP contribution in [0, 0.1) is 0 Å². The Morgan fingerprint density at radius 2 is 0.667 bits per heavy atom. The highest BCUT2D eigenvalue weighted by atomic mass is 15.1. The highest BCUT2D eigenvalue weighted by Crippen LogP contribution is 2.47. The summed E-state index contributed by atoms with van der Waals surface area (Å²) in [6, 6.07) is 89.9. The molecule has 63 heavy (non-hydrogen) atoms. The van der Waals surface area contributed by atoms with E-state index in [1.807, 2.05) is 0 Å². The van der Waals surface area contributed by atoms with Crippen molar-refractivity contribution in [3.63, 3.8) is 0 Å². The van der Waals surface area contributed by atoms with Crippen LogP contribution in [0.4, 0.5) is 34.1 Å². The van der Waals surface area contributed by atoms with Crippen molar-refractivity contribution in [1.82, 2.24) is 4.57 Å². The van der Waals surface area contributed by atoms with Gasteiger partial charge in [0.2, 0.25) is 0 Å². The molecule has 1 aromatic heterocycles. The molecule has 0 aliphatic heterocycles. The van der Waals surface area contributed by atoms with Crippen molar-refractivity contribution in [2.45, 2.75) is 0 Å². The summed E-state index contributed by atoms with van der Waals surface area (Å²) in [5.74, 6) is 0. The second kappa shape index (κ2) is 15.3. The highest BCUT2D eigenvalue weighted by Gasteiger charge is 2.22. The summed E-state index contributed by atoms with van der Waals surface area (Å²) >= 11 is 0. The van der Waals surface area contributed by atoms with Gasteiger partial charge in [0, 0.05) is 61.4 Å². The minimum atomic E-state index is 1.10. The van der Waals surface area contributed by atoms with Crippen LogP contribution in [0.3, 0.4) is 0 Å². The van der Waals surface area contributed by atoms with Crippen molar-refractivity contribution in [3.05, 3.63) is 249 Å². The zero-order valence-corrected chi connectivity index (χ0v) is 34.5. The number of rotatable bonds is 8. The second-order valence-electron chi connectivity index (χ2n) is 16.1. The van der Waals surface area contributed by atoms with E-state index in [-0.39, 0.29) is 0 Å². The van der Waals surface area contributed by atoms with Gasteiger partial charge in [0.05, 0.1) is 11.0 Å². The molecule has 0 bridgehead atoms. The first-order chi connectivity index (χ1) is 31.3. The lowest BCUT2D eigenvalue weighted by molar-refractivity contribution is 1.18. The van der Waals surface area contributed by atoms with Crippen LogP contribution in [0.2, 0.25) is 0 Å². The number of anilines is 6. The third-order valence-electron chi connectivity index (χ3n) is 12.5. The first-order valence-electron chi connectivity index (χ1n) is 21.6. The van der Waals surface area contributed by atoms with Crippen LogP contribution in [0.5, 0.6) is 0 Å². The fourth-order valence-electron chi connectivity index (χ4n) is 9.78. The quantitative estimate of drug-likeness (QED) is 0.142. The maximum absolute atomic E-state index is 2.48. The molecule has 3 nitrogen and oxygen atoms in total. The Balaban J connectivity index is 1.06. The number of aromatic nitrogens is 1. The third kappa shape index (κ3) is 6.13. The standard InChI is InChI=1S/C60H41N3/c1-5-19-43(20-6-1)61(44-21-7-2-8-22-44)47-35-33-42(34-36-47)55-41-56-51-28-14-16-30-53(51)60-59(58(56)52-29-15-13-27-50(52)55)54-31-17-18-32-57(54)63(60)49-39-37-48(38-40-49)62(45-23-9-3-10-24-45)46-25-11-4-12-26-46/h1-41H. The van der Waals surface area contributed by atoms with Crippen molar-refractivity contribution in [3.8, 4) is 16.8 Å². The van der Waals surface area contributed by atoms with Crippen LogP contribution in [0.1, 0.15) is 0 Å². The summed E-state index contributed by atoms with van der Waals surface area (Å²) in [7, 11) is 0. The molecular weight excluding hydrogens is 763 g/mol. The number of hydrogen-bond acceptors (Lipinski definition) is 2. The molecule has 0 fully saturated rings. The van der Waals surface area contributed by atoms with Gasteiger partial charge < -0.3 is 14.4 Å². The summed E-state index contributed by atoms with van der Waals surface area (Å²) in [6.45, 7) is 0. The van der Waals surface area contributed by atoms with Gasteiger partial charge in [-0.3, -0.25) is 0 Å². The zero-order chi connectivity index (χ0) is 41.7. The summed E-state index contributed by atoms with van der Waals surface area (Å²) < 4.78 is 2.48. The SMILES string of the molecule is c1ccc(N(c2ccccc2)c2ccc(-c3cc4c5ccccc5c5c(c6ccccc6n5-c5ccc(N(c6ccccc6)c6ccccc6)cc5)c4c4ccccc34)cc2)cc1. The topological polar surface area (TPSA) is 11.4 Å². The van der Waals surface area contributed by atoms with Gasteiger partial charge in [0.1, 0.15) is 0 Å². The molecule has 0 saturated heterocycles. The molecule has 0 saturated carbocycles. The molecule has 0 atom stereocenters. The lowest BCUT2D eigenvalue weighted by atomic mass is 9.88. The summed E-state index contributed by atoms with van der Waals surface area (Å²) in [5.41, 5.74) is 12.6. The average Bonchev–Trinajstić information content (AvgIpc) is 3.71. The Hall–Kier alpha value is -8.40. The monoisotopic (exact) mass is 803 g/mol. The van der Waals surface area contributed by atoms with Gasteiger partial charge in [-0.15, -0.1) is 0 Å². The molecule has 0 amide bonds. The van der Waals surface area contributed by atoms with Crippen molar-refractivity contribution in [2.24, 2.45) is 0 Å². The largest absolute Gasteiger partial charge is 0.311 e. The number of para-hydroxylation sites is 5. The fourth-order valence-corrected chi connectivity index (χ4v) is 9.78. The van der Waals surface area contributed by atoms with Crippen LogP contribution in [-0.2, 0) is 0 Å². The van der Waals surface area contributed by atoms with Crippen LogP contribution >= 0.6 is 0 Å². The predicted molar refractivity (Wildman–Crippen MR) is 268 cm³/mol. The molecule has 0 unspecified atom stereocenters. The molecule has 296 valence electrons. The second-order valence-corrected chi connectivity index (χ2v) is 16.1. The van der Waals surface area contributed by atoms with E-state index in [0.717, 1.165) is 39.8 Å². The summed E-state index contributed by atoms with van der Waals surface area (Å²) in [5, 5.41) is 10.0. The maximum atomic E-state index is 2.48. The van der Waals surface area contributed by atoms with E-state index in [1.54, 1.807) is 0 Å². The predicted octanol–water partition coefficient (Wildman–Crippen LogP) is 16.8. The third-order valence-corrected chi connectivity index (χ3v) is 12.5. The number of fused-ring (bicyclic) bond motifs is 10. The average molecular weight is 804 g/mol. The smallest absolute Gasteiger partial charge is 0.0626 e. The molecule has 0 aliphatic carbocycles. The van der Waals surface area contributed by atoms with Gasteiger partial charge in [-0.2, -0.15) is 0 Å². The molecule has 0 radical (unpaired) electrons. The Labute approximate surface area is 366 Å². The molecule has 12 rings (SSSR count). The van der Waals surface area contributed by atoms with Gasteiger partial charge in [-0.05, 0) is 130 Å². The van der Waals surface area contributed by atoms with E-state index < -0.39 is 0 Å². The molecule has 0 N–H and O–H groups in total. The lowest BCUT2D eigenvalue weighted by Gasteiger charge is -2.25. The minimum absolute atomic E-state index is 1.10. The number of nitrogens with zero attached hydrogens (tertiary/aromatic N) is 3. The van der Waals surface area contributed by atoms with Gasteiger partial charge in [0.15, 0.2) is 0 Å². The van der Waals surface area contributed by atoms with E-state index in [4.69, 9.17) is 0 Å². The van der Waals surface area contributed by atoms with Gasteiger partial charge in [-0.25, -0.2) is 0 Å². The van der Waals surface area contributed by atoms with Crippen molar-refractivity contribution >= 4 is 88.2 Å². The van der Waals surface area contributed by atoms with Crippen molar-refractivity contribution in [2.75, 3.05) is 9.80 Å². The lowest BCUT2D eigenvalue weighted by Crippen LogP contribution is -2.09. The minimum Gasteiger partial charge on any atom is -0.311 e. The highest BCUT2D eigenvalue weighted by molar-refractivity contribution is 6.38. The molecule has 3 heteroatoms. The Kier molecular flexibility index (Phi) is 8.83. The van der Waals surface area contributed by atoms with E-state index >= 15 is 0 Å². The Bertz CT molecular complexity index is 3500. The molecule has 1 heterocycles. The maximum Gasteiger partial charge on any atom is 0.0626 e. The number of hydrogen-bond donors (Lipinski definition) is 0. The van der Waals surface area contributed by atoms with Gasteiger partial charge in [0.25, 0.3) is 0 Å². The van der Waals surface area contributed by atoms with Gasteiger partial charge >= 0.3 is 0 Å². The van der Waals surface area contributed by atoms with Crippen LogP contribution in [-0.4, -0.2) is 4.57 Å².